The molecule has 0 radical (unpaired) electrons. The van der Waals surface area contributed by atoms with Gasteiger partial charge in [-0.3, -0.25) is 9.59 Å². The fourth-order valence-electron chi connectivity index (χ4n) is 2.57. The summed E-state index contributed by atoms with van der Waals surface area (Å²) >= 11 is 11.8. The van der Waals surface area contributed by atoms with Crippen LogP contribution in [0.2, 0.25) is 10.0 Å². The molecule has 0 unspecified atom stereocenters. The Bertz CT molecular complexity index is 1100. The summed E-state index contributed by atoms with van der Waals surface area (Å²) in [4.78, 5) is 28.3. The van der Waals surface area contributed by atoms with Crippen LogP contribution in [0.15, 0.2) is 66.7 Å². The molecular formula is C23H15Cl2F2N3O2. The first kappa shape index (κ1) is 23.1. The molecule has 2 N–H and O–H groups in total. The molecule has 3 aromatic rings. The van der Waals surface area contributed by atoms with E-state index in [2.05, 4.69) is 15.6 Å². The van der Waals surface area contributed by atoms with E-state index in [4.69, 9.17) is 23.2 Å². The number of carbonyl (C=O) groups is 2. The molecule has 0 aliphatic rings. The average molecular weight is 474 g/mol. The van der Waals surface area contributed by atoms with E-state index in [-0.39, 0.29) is 32.8 Å². The lowest BCUT2D eigenvalue weighted by Gasteiger charge is -2.06. The van der Waals surface area contributed by atoms with E-state index < -0.39 is 23.4 Å². The summed E-state index contributed by atoms with van der Waals surface area (Å²) in [6, 6.07) is 13.0. The highest BCUT2D eigenvalue weighted by Gasteiger charge is 2.07. The maximum Gasteiger partial charge on any atom is 0.249 e. The first-order valence-electron chi connectivity index (χ1n) is 9.16. The van der Waals surface area contributed by atoms with Gasteiger partial charge in [0.25, 0.3) is 0 Å². The molecule has 2 aromatic carbocycles. The molecule has 0 atom stereocenters. The number of halogens is 4. The van der Waals surface area contributed by atoms with Crippen LogP contribution in [-0.4, -0.2) is 16.8 Å². The minimum Gasteiger partial charge on any atom is -0.307 e. The predicted octanol–water partition coefficient (Wildman–Crippen LogP) is 5.97. The van der Waals surface area contributed by atoms with Crippen molar-refractivity contribution in [3.05, 3.63) is 99.6 Å². The lowest BCUT2D eigenvalue weighted by molar-refractivity contribution is -0.112. The third-order valence-electron chi connectivity index (χ3n) is 4.05. The van der Waals surface area contributed by atoms with Gasteiger partial charge in [0.1, 0.15) is 23.3 Å². The average Bonchev–Trinajstić information content (AvgIpc) is 2.73. The van der Waals surface area contributed by atoms with E-state index in [1.807, 2.05) is 0 Å². The number of hydrogen-bond donors (Lipinski definition) is 2. The quantitative estimate of drug-likeness (QED) is 0.433. The fourth-order valence-corrected chi connectivity index (χ4v) is 3.02. The monoisotopic (exact) mass is 473 g/mol. The van der Waals surface area contributed by atoms with E-state index >= 15 is 0 Å². The van der Waals surface area contributed by atoms with Crippen molar-refractivity contribution in [1.82, 2.24) is 4.98 Å². The number of carbonyl (C=O) groups excluding carboxylic acids is 2. The number of rotatable bonds is 6. The number of hydrogen-bond acceptors (Lipinski definition) is 3. The second-order valence-electron chi connectivity index (χ2n) is 6.32. The molecule has 0 fully saturated rings. The lowest BCUT2D eigenvalue weighted by Crippen LogP contribution is -2.12. The molecule has 9 heteroatoms. The summed E-state index contributed by atoms with van der Waals surface area (Å²) in [5.41, 5.74) is 0.167. The van der Waals surface area contributed by atoms with Crippen LogP contribution in [0.4, 0.5) is 20.4 Å². The number of amides is 2. The summed E-state index contributed by atoms with van der Waals surface area (Å²) in [7, 11) is 0. The third-order valence-corrected chi connectivity index (χ3v) is 4.71. The second-order valence-corrected chi connectivity index (χ2v) is 7.14. The molecule has 3 rings (SSSR count). The van der Waals surface area contributed by atoms with Crippen molar-refractivity contribution in [3.63, 3.8) is 0 Å². The van der Waals surface area contributed by atoms with Crippen LogP contribution in [-0.2, 0) is 9.59 Å². The topological polar surface area (TPSA) is 71.1 Å². The Labute approximate surface area is 192 Å². The van der Waals surface area contributed by atoms with Crippen LogP contribution in [0.25, 0.3) is 12.2 Å². The van der Waals surface area contributed by atoms with Crippen LogP contribution < -0.4 is 10.6 Å². The highest BCUT2D eigenvalue weighted by atomic mass is 35.5. The maximum absolute atomic E-state index is 13.8. The molecule has 0 saturated carbocycles. The molecule has 5 nitrogen and oxygen atoms in total. The summed E-state index contributed by atoms with van der Waals surface area (Å²) in [5.74, 6) is -1.97. The maximum atomic E-state index is 13.8. The summed E-state index contributed by atoms with van der Waals surface area (Å²) in [6.07, 6.45) is 4.71. The minimum atomic E-state index is -0.575. The largest absolute Gasteiger partial charge is 0.307 e. The number of aromatic nitrogens is 1. The number of benzene rings is 2. The Balaban J connectivity index is 1.64. The summed E-state index contributed by atoms with van der Waals surface area (Å²) in [6.45, 7) is 0. The molecule has 162 valence electrons. The first-order chi connectivity index (χ1) is 15.3. The Morgan fingerprint density at radius 1 is 0.719 bits per heavy atom. The number of pyridine rings is 1. The Morgan fingerprint density at radius 3 is 1.53 bits per heavy atom. The van der Waals surface area contributed by atoms with Gasteiger partial charge in [0.05, 0.1) is 10.0 Å². The molecule has 0 saturated heterocycles. The van der Waals surface area contributed by atoms with Crippen LogP contribution in [0.5, 0.6) is 0 Å². The number of nitrogens with one attached hydrogen (secondary N) is 2. The van der Waals surface area contributed by atoms with Gasteiger partial charge in [-0.25, -0.2) is 13.8 Å². The minimum absolute atomic E-state index is 0.0834. The third kappa shape index (κ3) is 6.23. The molecule has 0 spiro atoms. The second kappa shape index (κ2) is 10.7. The molecule has 0 aliphatic heterocycles. The van der Waals surface area contributed by atoms with Crippen LogP contribution >= 0.6 is 23.2 Å². The Kier molecular flexibility index (Phi) is 7.70. The van der Waals surface area contributed by atoms with Crippen molar-refractivity contribution in [2.24, 2.45) is 0 Å². The van der Waals surface area contributed by atoms with E-state index in [9.17, 15) is 18.4 Å². The van der Waals surface area contributed by atoms with Gasteiger partial charge in [-0.1, -0.05) is 41.4 Å². The lowest BCUT2D eigenvalue weighted by atomic mass is 10.2. The van der Waals surface area contributed by atoms with Gasteiger partial charge >= 0.3 is 0 Å². The SMILES string of the molecule is O=C(/C=C/c1c(F)cccc1Cl)Nc1cccc(NC(=O)/C=C/c2c(F)cccc2Cl)n1. The Hall–Kier alpha value is -3.55. The molecular weight excluding hydrogens is 459 g/mol. The number of nitrogens with zero attached hydrogens (tertiary/aromatic N) is 1. The van der Waals surface area contributed by atoms with Crippen LogP contribution in [0.1, 0.15) is 11.1 Å². The van der Waals surface area contributed by atoms with E-state index in [0.29, 0.717) is 0 Å². The predicted molar refractivity (Wildman–Crippen MR) is 122 cm³/mol. The zero-order valence-electron chi connectivity index (χ0n) is 16.3. The van der Waals surface area contributed by atoms with Crippen molar-refractivity contribution in [2.45, 2.75) is 0 Å². The highest BCUT2D eigenvalue weighted by molar-refractivity contribution is 6.32. The number of anilines is 2. The van der Waals surface area contributed by atoms with Crippen molar-refractivity contribution in [2.75, 3.05) is 10.6 Å². The Morgan fingerprint density at radius 2 is 1.12 bits per heavy atom. The summed E-state index contributed by atoms with van der Waals surface area (Å²) < 4.78 is 27.5. The van der Waals surface area contributed by atoms with Gasteiger partial charge in [0, 0.05) is 23.3 Å². The van der Waals surface area contributed by atoms with E-state index in [0.717, 1.165) is 12.2 Å². The molecule has 0 bridgehead atoms. The van der Waals surface area contributed by atoms with Gasteiger partial charge in [0.2, 0.25) is 11.8 Å². The standard InChI is InChI=1S/C23H15Cl2F2N3O2/c24-16-4-1-6-18(26)14(16)10-12-22(31)29-20-8-3-9-21(28-20)30-23(32)13-11-15-17(25)5-2-7-19(15)27/h1-13H,(H2,28,29,30,31,32)/b12-10+,13-11+. The van der Waals surface area contributed by atoms with E-state index in [1.54, 1.807) is 6.07 Å². The fraction of sp³-hybridized carbons (Fsp3) is 0. The molecule has 2 amide bonds. The van der Waals surface area contributed by atoms with Crippen molar-refractivity contribution >= 4 is 58.8 Å². The summed E-state index contributed by atoms with van der Waals surface area (Å²) in [5, 5.41) is 5.33. The van der Waals surface area contributed by atoms with E-state index in [1.165, 1.54) is 60.7 Å². The van der Waals surface area contributed by atoms with Crippen molar-refractivity contribution in [3.8, 4) is 0 Å². The highest BCUT2D eigenvalue weighted by Crippen LogP contribution is 2.21. The van der Waals surface area contributed by atoms with Gasteiger partial charge in [-0.15, -0.1) is 0 Å². The molecule has 32 heavy (non-hydrogen) atoms. The smallest absolute Gasteiger partial charge is 0.249 e. The van der Waals surface area contributed by atoms with Gasteiger partial charge in [0.15, 0.2) is 0 Å². The molecule has 1 heterocycles. The normalized spacial score (nSPS) is 11.1. The van der Waals surface area contributed by atoms with Crippen molar-refractivity contribution < 1.29 is 18.4 Å². The van der Waals surface area contributed by atoms with Gasteiger partial charge in [-0.2, -0.15) is 0 Å². The van der Waals surface area contributed by atoms with Crippen LogP contribution in [0.3, 0.4) is 0 Å². The first-order valence-corrected chi connectivity index (χ1v) is 9.92. The van der Waals surface area contributed by atoms with Gasteiger partial charge in [-0.05, 0) is 48.6 Å². The zero-order valence-corrected chi connectivity index (χ0v) is 17.8. The van der Waals surface area contributed by atoms with Crippen molar-refractivity contribution in [1.29, 1.82) is 0 Å². The molecule has 0 aliphatic carbocycles. The van der Waals surface area contributed by atoms with Gasteiger partial charge < -0.3 is 10.6 Å². The van der Waals surface area contributed by atoms with Crippen LogP contribution in [0, 0.1) is 11.6 Å². The molecule has 1 aromatic heterocycles. The zero-order chi connectivity index (χ0) is 23.1.